The van der Waals surface area contributed by atoms with Crippen LogP contribution in [0.3, 0.4) is 0 Å². The van der Waals surface area contributed by atoms with Gasteiger partial charge in [-0.2, -0.15) is 0 Å². The lowest BCUT2D eigenvalue weighted by Crippen LogP contribution is -2.43. The largest absolute Gasteiger partial charge is 0.484 e. The van der Waals surface area contributed by atoms with Crippen molar-refractivity contribution < 1.29 is 19.1 Å². The van der Waals surface area contributed by atoms with Crippen LogP contribution < -0.4 is 15.6 Å². The van der Waals surface area contributed by atoms with Crippen molar-refractivity contribution in [2.24, 2.45) is 0 Å². The first kappa shape index (κ1) is 20.8. The highest BCUT2D eigenvalue weighted by atomic mass is 16.5. The predicted octanol–water partition coefficient (Wildman–Crippen LogP) is 3.32. The Bertz CT molecular complexity index is 1010. The number of hydrazine groups is 1. The lowest BCUT2D eigenvalue weighted by atomic mass is 10.0. The summed E-state index contributed by atoms with van der Waals surface area (Å²) in [5.74, 6) is -0.557. The van der Waals surface area contributed by atoms with Crippen LogP contribution in [0, 0.1) is 0 Å². The Morgan fingerprint density at radius 1 is 0.733 bits per heavy atom. The zero-order valence-corrected chi connectivity index (χ0v) is 16.6. The van der Waals surface area contributed by atoms with Crippen molar-refractivity contribution in [2.75, 3.05) is 6.61 Å². The van der Waals surface area contributed by atoms with Gasteiger partial charge in [-0.3, -0.25) is 25.2 Å². The number of aryl methyl sites for hydroxylation is 1. The van der Waals surface area contributed by atoms with Crippen LogP contribution in [0.4, 0.5) is 0 Å². The van der Waals surface area contributed by atoms with Crippen LogP contribution in [0.2, 0.25) is 0 Å². The van der Waals surface area contributed by atoms with Crippen molar-refractivity contribution in [2.45, 2.75) is 13.3 Å². The Hall–Kier alpha value is -3.93. The highest BCUT2D eigenvalue weighted by molar-refractivity contribution is 6.09. The van der Waals surface area contributed by atoms with Crippen molar-refractivity contribution in [3.63, 3.8) is 0 Å². The first-order valence-corrected chi connectivity index (χ1v) is 9.57. The Labute approximate surface area is 174 Å². The quantitative estimate of drug-likeness (QED) is 0.469. The zero-order chi connectivity index (χ0) is 21.3. The summed E-state index contributed by atoms with van der Waals surface area (Å²) >= 11 is 0. The third-order valence-electron chi connectivity index (χ3n) is 4.46. The lowest BCUT2D eigenvalue weighted by molar-refractivity contribution is -0.123. The fourth-order valence-corrected chi connectivity index (χ4v) is 2.73. The summed E-state index contributed by atoms with van der Waals surface area (Å²) in [5.41, 5.74) is 7.37. The van der Waals surface area contributed by atoms with Crippen LogP contribution >= 0.6 is 0 Å². The number of carbonyl (C=O) groups excluding carboxylic acids is 3. The van der Waals surface area contributed by atoms with Crippen molar-refractivity contribution >= 4 is 17.6 Å². The standard InChI is InChI=1S/C24H22N2O4/c1-2-17-8-10-20(11-9-17)24(29)26-25-22(27)16-30-21-14-12-19(13-15-21)23(28)18-6-4-3-5-7-18/h3-15H,2,16H2,1H3,(H,25,27)(H,26,29). The molecule has 6 heteroatoms. The number of rotatable bonds is 7. The van der Waals surface area contributed by atoms with Crippen molar-refractivity contribution in [3.05, 3.63) is 101 Å². The number of hydrogen-bond acceptors (Lipinski definition) is 4. The first-order chi connectivity index (χ1) is 14.6. The zero-order valence-electron chi connectivity index (χ0n) is 16.6. The normalized spacial score (nSPS) is 10.2. The maximum absolute atomic E-state index is 12.4. The first-order valence-electron chi connectivity index (χ1n) is 9.57. The van der Waals surface area contributed by atoms with Gasteiger partial charge in [-0.25, -0.2) is 0 Å². The molecule has 2 N–H and O–H groups in total. The minimum atomic E-state index is -0.502. The molecule has 0 heterocycles. The molecule has 2 amide bonds. The van der Waals surface area contributed by atoms with Gasteiger partial charge in [-0.15, -0.1) is 0 Å². The van der Waals surface area contributed by atoms with E-state index in [2.05, 4.69) is 10.9 Å². The molecular formula is C24H22N2O4. The van der Waals surface area contributed by atoms with Crippen molar-refractivity contribution in [1.82, 2.24) is 10.9 Å². The average Bonchev–Trinajstić information content (AvgIpc) is 2.81. The fourth-order valence-electron chi connectivity index (χ4n) is 2.73. The molecule has 30 heavy (non-hydrogen) atoms. The van der Waals surface area contributed by atoms with Crippen molar-refractivity contribution in [1.29, 1.82) is 0 Å². The van der Waals surface area contributed by atoms with Gasteiger partial charge in [-0.1, -0.05) is 49.4 Å². The molecule has 3 aromatic rings. The highest BCUT2D eigenvalue weighted by Gasteiger charge is 2.10. The van der Waals surface area contributed by atoms with E-state index < -0.39 is 11.8 Å². The van der Waals surface area contributed by atoms with Gasteiger partial charge >= 0.3 is 0 Å². The number of benzene rings is 3. The van der Waals surface area contributed by atoms with Gasteiger partial charge in [0.1, 0.15) is 5.75 Å². The van der Waals surface area contributed by atoms with Crippen LogP contribution in [0.25, 0.3) is 0 Å². The SMILES string of the molecule is CCc1ccc(C(=O)NNC(=O)COc2ccc(C(=O)c3ccccc3)cc2)cc1. The number of nitrogens with one attached hydrogen (secondary N) is 2. The van der Waals surface area contributed by atoms with Crippen LogP contribution in [-0.4, -0.2) is 24.2 Å². The van der Waals surface area contributed by atoms with E-state index >= 15 is 0 Å². The molecule has 0 aromatic heterocycles. The number of ketones is 1. The number of hydrogen-bond donors (Lipinski definition) is 2. The summed E-state index contributed by atoms with van der Waals surface area (Å²) in [6.45, 7) is 1.75. The summed E-state index contributed by atoms with van der Waals surface area (Å²) < 4.78 is 5.40. The van der Waals surface area contributed by atoms with E-state index in [0.717, 1.165) is 12.0 Å². The van der Waals surface area contributed by atoms with E-state index in [1.165, 1.54) is 0 Å². The summed E-state index contributed by atoms with van der Waals surface area (Å²) in [7, 11) is 0. The van der Waals surface area contributed by atoms with Crippen LogP contribution in [0.15, 0.2) is 78.9 Å². The van der Waals surface area contributed by atoms with Gasteiger partial charge in [0.05, 0.1) is 0 Å². The van der Waals surface area contributed by atoms with Gasteiger partial charge in [0.2, 0.25) is 0 Å². The molecule has 3 rings (SSSR count). The molecular weight excluding hydrogens is 380 g/mol. The Morgan fingerprint density at radius 2 is 1.33 bits per heavy atom. The molecule has 0 saturated heterocycles. The topological polar surface area (TPSA) is 84.5 Å². The molecule has 6 nitrogen and oxygen atoms in total. The lowest BCUT2D eigenvalue weighted by Gasteiger charge is -2.09. The molecule has 0 atom stereocenters. The van der Waals surface area contributed by atoms with E-state index in [0.29, 0.717) is 22.4 Å². The Kier molecular flexibility index (Phi) is 6.95. The van der Waals surface area contributed by atoms with Gasteiger partial charge in [0.15, 0.2) is 12.4 Å². The highest BCUT2D eigenvalue weighted by Crippen LogP contribution is 2.15. The Morgan fingerprint density at radius 3 is 1.97 bits per heavy atom. The van der Waals surface area contributed by atoms with Gasteiger partial charge < -0.3 is 4.74 Å². The van der Waals surface area contributed by atoms with Gasteiger partial charge in [-0.05, 0) is 48.4 Å². The van der Waals surface area contributed by atoms with Crippen LogP contribution in [-0.2, 0) is 11.2 Å². The molecule has 0 aliphatic rings. The van der Waals surface area contributed by atoms with E-state index in [9.17, 15) is 14.4 Å². The van der Waals surface area contributed by atoms with Crippen molar-refractivity contribution in [3.8, 4) is 5.75 Å². The molecule has 0 aliphatic heterocycles. The second kappa shape index (κ2) is 10.0. The van der Waals surface area contributed by atoms with Gasteiger partial charge in [0.25, 0.3) is 11.8 Å². The molecule has 0 fully saturated rings. The summed E-state index contributed by atoms with van der Waals surface area (Å²) in [4.78, 5) is 36.3. The number of amides is 2. The molecule has 152 valence electrons. The minimum absolute atomic E-state index is 0.0884. The molecule has 3 aromatic carbocycles. The summed E-state index contributed by atoms with van der Waals surface area (Å²) in [6.07, 6.45) is 0.886. The second-order valence-corrected chi connectivity index (χ2v) is 6.56. The summed E-state index contributed by atoms with van der Waals surface area (Å²) in [6, 6.07) is 22.6. The molecule has 0 unspecified atom stereocenters. The smallest absolute Gasteiger partial charge is 0.276 e. The fraction of sp³-hybridized carbons (Fsp3) is 0.125. The van der Waals surface area contributed by atoms with E-state index in [-0.39, 0.29) is 12.4 Å². The predicted molar refractivity (Wildman–Crippen MR) is 113 cm³/mol. The maximum atomic E-state index is 12.4. The van der Waals surface area contributed by atoms with Crippen LogP contribution in [0.5, 0.6) is 5.75 Å². The maximum Gasteiger partial charge on any atom is 0.276 e. The third-order valence-corrected chi connectivity index (χ3v) is 4.46. The minimum Gasteiger partial charge on any atom is -0.484 e. The van der Waals surface area contributed by atoms with Crippen LogP contribution in [0.1, 0.15) is 38.8 Å². The molecule has 0 spiro atoms. The van der Waals surface area contributed by atoms with Gasteiger partial charge in [0, 0.05) is 16.7 Å². The third kappa shape index (κ3) is 5.54. The molecule has 0 radical (unpaired) electrons. The number of ether oxygens (including phenoxy) is 1. The van der Waals surface area contributed by atoms with E-state index in [1.807, 2.05) is 37.3 Å². The molecule has 0 saturated carbocycles. The number of carbonyl (C=O) groups is 3. The monoisotopic (exact) mass is 402 g/mol. The van der Waals surface area contributed by atoms with E-state index in [1.54, 1.807) is 48.5 Å². The second-order valence-electron chi connectivity index (χ2n) is 6.56. The Balaban J connectivity index is 1.46. The average molecular weight is 402 g/mol. The summed E-state index contributed by atoms with van der Waals surface area (Å²) in [5, 5.41) is 0. The molecule has 0 aliphatic carbocycles. The molecule has 0 bridgehead atoms. The van der Waals surface area contributed by atoms with E-state index in [4.69, 9.17) is 4.74 Å².